The molecule has 1 aliphatic rings. The van der Waals surface area contributed by atoms with Crippen LogP contribution in [0, 0.1) is 0 Å². The van der Waals surface area contributed by atoms with Crippen molar-refractivity contribution in [1.29, 1.82) is 0 Å². The second kappa shape index (κ2) is 15.8. The van der Waals surface area contributed by atoms with Crippen molar-refractivity contribution in [3.63, 3.8) is 0 Å². The van der Waals surface area contributed by atoms with Gasteiger partial charge in [0.1, 0.15) is 23.9 Å². The van der Waals surface area contributed by atoms with Gasteiger partial charge in [-0.3, -0.25) is 19.2 Å². The van der Waals surface area contributed by atoms with Crippen LogP contribution in [0.1, 0.15) is 48.2 Å². The summed E-state index contributed by atoms with van der Waals surface area (Å²) in [4.78, 5) is 53.4. The van der Waals surface area contributed by atoms with Crippen molar-refractivity contribution >= 4 is 23.6 Å². The molecule has 0 aliphatic carbocycles. The lowest BCUT2D eigenvalue weighted by atomic mass is 10.0. The normalized spacial score (nSPS) is 18.4. The summed E-state index contributed by atoms with van der Waals surface area (Å²) in [5.41, 5.74) is 0.887. The maximum Gasteiger partial charge on any atom is 0.255 e. The fourth-order valence-electron chi connectivity index (χ4n) is 5.14. The summed E-state index contributed by atoms with van der Waals surface area (Å²) in [6.07, 6.45) is 1.35. The summed E-state index contributed by atoms with van der Waals surface area (Å²) < 4.78 is 16.7. The maximum atomic E-state index is 13.5. The smallest absolute Gasteiger partial charge is 0.255 e. The molecule has 0 fully saturated rings. The molecule has 0 saturated carbocycles. The molecule has 4 amide bonds. The molecule has 1 aliphatic heterocycles. The molecule has 3 aromatic carbocycles. The number of nitrogens with one attached hydrogen (secondary N) is 4. The van der Waals surface area contributed by atoms with Gasteiger partial charge in [0.15, 0.2) is 11.5 Å². The Morgan fingerprint density at radius 2 is 1.63 bits per heavy atom. The summed E-state index contributed by atoms with van der Waals surface area (Å²) in [5, 5.41) is 11.3. The molecule has 3 aromatic rings. The van der Waals surface area contributed by atoms with E-state index in [0.717, 1.165) is 11.1 Å². The van der Waals surface area contributed by atoms with E-state index in [1.165, 1.54) is 0 Å². The molecule has 46 heavy (non-hydrogen) atoms. The number of carbonyl (C=O) groups is 4. The highest BCUT2D eigenvalue weighted by Crippen LogP contribution is 2.28. The van der Waals surface area contributed by atoms with Crippen molar-refractivity contribution in [3.8, 4) is 17.2 Å². The van der Waals surface area contributed by atoms with Crippen molar-refractivity contribution in [2.24, 2.45) is 0 Å². The van der Waals surface area contributed by atoms with E-state index in [2.05, 4.69) is 21.3 Å². The number of hydrogen-bond acceptors (Lipinski definition) is 7. The number of aryl methyl sites for hydroxylation is 1. The van der Waals surface area contributed by atoms with Crippen molar-refractivity contribution in [1.82, 2.24) is 21.3 Å². The van der Waals surface area contributed by atoms with E-state index in [-0.39, 0.29) is 18.6 Å². The first-order valence-corrected chi connectivity index (χ1v) is 15.3. The lowest BCUT2D eigenvalue weighted by Gasteiger charge is -2.30. The fourth-order valence-corrected chi connectivity index (χ4v) is 5.14. The molecule has 11 nitrogen and oxygen atoms in total. The lowest BCUT2D eigenvalue weighted by molar-refractivity contribution is -0.134. The standard InChI is InChI=1S/C35H42N4O7/c1-35(2)34(43)37-25(19-23-11-6-5-7-12-23)22-46-28-15-9-8-14-26(28)32(41)38-27(21-31(40)39-35)33(42)36-18-10-13-24-16-17-29(44-3)30(20-24)45-4/h5-9,11-12,14-17,20,25,27H,10,13,18-19,21-22H2,1-4H3,(H,36,42)(H,37,43)(H,38,41)(H,39,40)/t25-,27+/m1/s1. The Morgan fingerprint density at radius 3 is 2.37 bits per heavy atom. The average Bonchev–Trinajstić information content (AvgIpc) is 3.04. The third-order valence-corrected chi connectivity index (χ3v) is 7.65. The van der Waals surface area contributed by atoms with Crippen LogP contribution < -0.4 is 35.5 Å². The van der Waals surface area contributed by atoms with Crippen LogP contribution in [0.15, 0.2) is 72.8 Å². The number of carbonyl (C=O) groups excluding carboxylic acids is 4. The lowest BCUT2D eigenvalue weighted by Crippen LogP contribution is -2.59. The highest BCUT2D eigenvalue weighted by molar-refractivity contribution is 6.01. The van der Waals surface area contributed by atoms with E-state index in [9.17, 15) is 19.2 Å². The van der Waals surface area contributed by atoms with Crippen molar-refractivity contribution < 1.29 is 33.4 Å². The molecule has 11 heteroatoms. The Hall–Kier alpha value is -5.06. The van der Waals surface area contributed by atoms with Gasteiger partial charge in [0.05, 0.1) is 32.2 Å². The van der Waals surface area contributed by atoms with Crippen LogP contribution in [0.4, 0.5) is 0 Å². The predicted molar refractivity (Wildman–Crippen MR) is 173 cm³/mol. The molecule has 0 unspecified atom stereocenters. The zero-order chi connectivity index (χ0) is 33.1. The van der Waals surface area contributed by atoms with Crippen molar-refractivity contribution in [2.75, 3.05) is 27.4 Å². The monoisotopic (exact) mass is 630 g/mol. The van der Waals surface area contributed by atoms with E-state index in [0.29, 0.717) is 43.1 Å². The number of ether oxygens (including phenoxy) is 3. The molecule has 0 aromatic heterocycles. The Morgan fingerprint density at radius 1 is 0.913 bits per heavy atom. The molecule has 1 heterocycles. The number of benzene rings is 3. The van der Waals surface area contributed by atoms with E-state index < -0.39 is 41.3 Å². The highest BCUT2D eigenvalue weighted by Gasteiger charge is 2.34. The van der Waals surface area contributed by atoms with Gasteiger partial charge in [0.2, 0.25) is 17.7 Å². The zero-order valence-corrected chi connectivity index (χ0v) is 26.7. The summed E-state index contributed by atoms with van der Waals surface area (Å²) >= 11 is 0. The first kappa shape index (κ1) is 33.8. The van der Waals surface area contributed by atoms with Crippen LogP contribution in [0.2, 0.25) is 0 Å². The van der Waals surface area contributed by atoms with Crippen molar-refractivity contribution in [3.05, 3.63) is 89.5 Å². The number of rotatable bonds is 9. The molecule has 244 valence electrons. The van der Waals surface area contributed by atoms with Crippen molar-refractivity contribution in [2.45, 2.75) is 57.2 Å². The minimum atomic E-state index is -1.31. The second-order valence-electron chi connectivity index (χ2n) is 11.7. The van der Waals surface area contributed by atoms with Crippen LogP contribution >= 0.6 is 0 Å². The minimum Gasteiger partial charge on any atom is -0.493 e. The predicted octanol–water partition coefficient (Wildman–Crippen LogP) is 2.96. The van der Waals surface area contributed by atoms with Gasteiger partial charge in [-0.2, -0.15) is 0 Å². The molecule has 0 spiro atoms. The molecule has 0 saturated heterocycles. The molecular formula is C35H42N4O7. The average molecular weight is 631 g/mol. The summed E-state index contributed by atoms with van der Waals surface area (Å²) in [6, 6.07) is 20.3. The maximum absolute atomic E-state index is 13.5. The molecule has 4 rings (SSSR count). The quantitative estimate of drug-likeness (QED) is 0.266. The molecule has 4 N–H and O–H groups in total. The third kappa shape index (κ3) is 9.23. The van der Waals surface area contributed by atoms with Gasteiger partial charge in [0.25, 0.3) is 5.91 Å². The largest absolute Gasteiger partial charge is 0.493 e. The van der Waals surface area contributed by atoms with Gasteiger partial charge in [0, 0.05) is 6.54 Å². The van der Waals surface area contributed by atoms with Gasteiger partial charge in [-0.1, -0.05) is 48.5 Å². The van der Waals surface area contributed by atoms with Crippen LogP contribution in [-0.4, -0.2) is 68.6 Å². The fraction of sp³-hybridized carbons (Fsp3) is 0.371. The number of hydrogen-bond donors (Lipinski definition) is 4. The topological polar surface area (TPSA) is 144 Å². The molecule has 2 atom stereocenters. The van der Waals surface area contributed by atoms with Gasteiger partial charge in [-0.15, -0.1) is 0 Å². The summed E-state index contributed by atoms with van der Waals surface area (Å²) in [7, 11) is 3.14. The van der Waals surface area contributed by atoms with E-state index in [4.69, 9.17) is 14.2 Å². The van der Waals surface area contributed by atoms with E-state index in [1.807, 2.05) is 48.5 Å². The van der Waals surface area contributed by atoms with E-state index >= 15 is 0 Å². The Balaban J connectivity index is 1.49. The Labute approximate surface area is 269 Å². The van der Waals surface area contributed by atoms with Gasteiger partial charge < -0.3 is 35.5 Å². The van der Waals surface area contributed by atoms with Crippen LogP contribution in [-0.2, 0) is 27.2 Å². The van der Waals surface area contributed by atoms with Gasteiger partial charge in [-0.05, 0) is 68.5 Å². The first-order chi connectivity index (χ1) is 22.1. The molecule has 0 bridgehead atoms. The Bertz CT molecular complexity index is 1530. The van der Waals surface area contributed by atoms with Crippen LogP contribution in [0.25, 0.3) is 0 Å². The number of methoxy groups -OCH3 is 2. The zero-order valence-electron chi connectivity index (χ0n) is 26.7. The van der Waals surface area contributed by atoms with Crippen LogP contribution in [0.5, 0.6) is 17.2 Å². The highest BCUT2D eigenvalue weighted by atomic mass is 16.5. The molecular weight excluding hydrogens is 588 g/mol. The molecule has 0 radical (unpaired) electrons. The van der Waals surface area contributed by atoms with Gasteiger partial charge in [-0.25, -0.2) is 0 Å². The first-order valence-electron chi connectivity index (χ1n) is 15.3. The van der Waals surface area contributed by atoms with E-state index in [1.54, 1.807) is 52.3 Å². The summed E-state index contributed by atoms with van der Waals surface area (Å²) in [6.45, 7) is 3.55. The minimum absolute atomic E-state index is 0.0684. The van der Waals surface area contributed by atoms with Crippen LogP contribution in [0.3, 0.4) is 0 Å². The summed E-state index contributed by atoms with van der Waals surface area (Å²) in [5.74, 6) is -0.516. The SMILES string of the molecule is COc1ccc(CCCNC(=O)[C@@H]2CC(=O)NC(C)(C)C(=O)N[C@H](Cc3ccccc3)COc3ccccc3C(=O)N2)cc1OC. The number of fused-ring (bicyclic) bond motifs is 1. The third-order valence-electron chi connectivity index (χ3n) is 7.65. The number of para-hydroxylation sites is 1. The van der Waals surface area contributed by atoms with Gasteiger partial charge >= 0.3 is 0 Å². The Kier molecular flexibility index (Phi) is 11.6. The number of amides is 4. The second-order valence-corrected chi connectivity index (χ2v) is 11.7.